The van der Waals surface area contributed by atoms with Gasteiger partial charge in [0.05, 0.1) is 12.1 Å². The molecule has 0 spiro atoms. The van der Waals surface area contributed by atoms with Crippen LogP contribution in [0.15, 0.2) is 34.9 Å². The van der Waals surface area contributed by atoms with Gasteiger partial charge < -0.3 is 5.32 Å². The molecule has 1 aliphatic rings. The molecule has 1 N–H and O–H groups in total. The minimum Gasteiger partial charge on any atom is -0.307 e. The summed E-state index contributed by atoms with van der Waals surface area (Å²) in [6.07, 6.45) is 3.96. The molecule has 3 rings (SSSR count). The van der Waals surface area contributed by atoms with E-state index in [-0.39, 0.29) is 6.54 Å². The fourth-order valence-electron chi connectivity index (χ4n) is 2.68. The van der Waals surface area contributed by atoms with Crippen molar-refractivity contribution in [3.05, 3.63) is 40.5 Å². The number of pyridine rings is 1. The lowest BCUT2D eigenvalue weighted by Crippen LogP contribution is -2.42. The third-order valence-corrected chi connectivity index (χ3v) is 4.87. The van der Waals surface area contributed by atoms with Gasteiger partial charge in [-0.3, -0.25) is 4.98 Å². The van der Waals surface area contributed by atoms with Crippen molar-refractivity contribution >= 4 is 26.8 Å². The van der Waals surface area contributed by atoms with E-state index in [1.165, 1.54) is 0 Å². The smallest absolute Gasteiger partial charge is 0.263 e. The van der Waals surface area contributed by atoms with Crippen LogP contribution in [0.25, 0.3) is 10.9 Å². The molecule has 0 radical (unpaired) electrons. The van der Waals surface area contributed by atoms with E-state index >= 15 is 0 Å². The monoisotopic (exact) mass is 354 g/mol. The topological polar surface area (TPSA) is 24.9 Å². The minimum absolute atomic E-state index is 0.262. The summed E-state index contributed by atoms with van der Waals surface area (Å²) in [5.74, 6) is -3.04. The molecule has 112 valence electrons. The lowest BCUT2D eigenvalue weighted by Gasteiger charge is -2.33. The van der Waals surface area contributed by atoms with E-state index in [1.54, 1.807) is 6.20 Å². The van der Waals surface area contributed by atoms with Crippen molar-refractivity contribution < 1.29 is 8.78 Å². The second-order valence-electron chi connectivity index (χ2n) is 5.60. The zero-order valence-electron chi connectivity index (χ0n) is 11.6. The number of fused-ring (bicyclic) bond motifs is 1. The average Bonchev–Trinajstić information content (AvgIpc) is 2.39. The van der Waals surface area contributed by atoms with Gasteiger partial charge in [0.15, 0.2) is 0 Å². The van der Waals surface area contributed by atoms with Crippen molar-refractivity contribution in [2.45, 2.75) is 31.7 Å². The summed E-state index contributed by atoms with van der Waals surface area (Å²) in [7, 11) is 0. The highest BCUT2D eigenvalue weighted by Gasteiger charge is 2.42. The van der Waals surface area contributed by atoms with Gasteiger partial charge in [0.2, 0.25) is 0 Å². The van der Waals surface area contributed by atoms with Crippen LogP contribution in [0.2, 0.25) is 0 Å². The largest absolute Gasteiger partial charge is 0.307 e. The van der Waals surface area contributed by atoms with Crippen LogP contribution in [-0.2, 0) is 6.54 Å². The summed E-state index contributed by atoms with van der Waals surface area (Å²) in [5.41, 5.74) is 1.80. The van der Waals surface area contributed by atoms with E-state index in [0.717, 1.165) is 27.4 Å². The van der Waals surface area contributed by atoms with Crippen molar-refractivity contribution in [2.75, 3.05) is 6.54 Å². The van der Waals surface area contributed by atoms with Gasteiger partial charge in [-0.1, -0.05) is 34.5 Å². The summed E-state index contributed by atoms with van der Waals surface area (Å²) in [6.45, 7) is 0.144. The molecule has 1 aliphatic carbocycles. The Balaban J connectivity index is 1.69. The number of nitrogens with one attached hydrogen (secondary N) is 1. The molecule has 1 aromatic carbocycles. The predicted molar refractivity (Wildman–Crippen MR) is 83.4 cm³/mol. The molecule has 0 saturated heterocycles. The average molecular weight is 355 g/mol. The maximum Gasteiger partial charge on any atom is 0.263 e. The number of aromatic nitrogens is 1. The van der Waals surface area contributed by atoms with Crippen LogP contribution in [0.5, 0.6) is 0 Å². The molecule has 0 amide bonds. The Morgan fingerprint density at radius 2 is 2.10 bits per heavy atom. The number of nitrogens with zero attached hydrogens (tertiary/aromatic N) is 1. The zero-order chi connectivity index (χ0) is 14.9. The van der Waals surface area contributed by atoms with Crippen molar-refractivity contribution in [1.29, 1.82) is 0 Å². The molecular weight excluding hydrogens is 338 g/mol. The fraction of sp³-hybridized carbons (Fsp3) is 0.438. The molecule has 21 heavy (non-hydrogen) atoms. The molecule has 0 unspecified atom stereocenters. The van der Waals surface area contributed by atoms with Gasteiger partial charge in [-0.05, 0) is 30.5 Å². The first-order chi connectivity index (χ1) is 10.1. The van der Waals surface area contributed by atoms with Crippen molar-refractivity contribution in [3.63, 3.8) is 0 Å². The Kier molecular flexibility index (Phi) is 4.22. The quantitative estimate of drug-likeness (QED) is 0.853. The number of hydrogen-bond acceptors (Lipinski definition) is 2. The first kappa shape index (κ1) is 14.9. The lowest BCUT2D eigenvalue weighted by molar-refractivity contribution is -0.0846. The van der Waals surface area contributed by atoms with E-state index in [1.807, 2.05) is 24.3 Å². The van der Waals surface area contributed by atoms with E-state index in [2.05, 4.69) is 26.2 Å². The van der Waals surface area contributed by atoms with Gasteiger partial charge in [-0.2, -0.15) is 0 Å². The molecule has 1 aromatic heterocycles. The molecule has 2 aromatic rings. The van der Waals surface area contributed by atoms with Gasteiger partial charge in [0.25, 0.3) is 5.92 Å². The Morgan fingerprint density at radius 1 is 1.29 bits per heavy atom. The van der Waals surface area contributed by atoms with Gasteiger partial charge in [0, 0.05) is 28.5 Å². The first-order valence-electron chi connectivity index (χ1n) is 7.18. The molecule has 5 heteroatoms. The molecule has 0 atom stereocenters. The molecule has 1 fully saturated rings. The molecule has 0 bridgehead atoms. The third kappa shape index (κ3) is 3.09. The normalized spacial score (nSPS) is 16.1. The van der Waals surface area contributed by atoms with Gasteiger partial charge in [0.1, 0.15) is 0 Å². The third-order valence-electron chi connectivity index (χ3n) is 4.18. The van der Waals surface area contributed by atoms with Crippen LogP contribution in [-0.4, -0.2) is 17.5 Å². The summed E-state index contributed by atoms with van der Waals surface area (Å²) in [4.78, 5) is 4.36. The Morgan fingerprint density at radius 3 is 2.81 bits per heavy atom. The second-order valence-corrected chi connectivity index (χ2v) is 6.45. The summed E-state index contributed by atoms with van der Waals surface area (Å²) in [6, 6.07) is 7.70. The van der Waals surface area contributed by atoms with E-state index in [0.29, 0.717) is 19.4 Å². The van der Waals surface area contributed by atoms with E-state index < -0.39 is 11.8 Å². The van der Waals surface area contributed by atoms with Crippen molar-refractivity contribution in [2.24, 2.45) is 5.92 Å². The highest BCUT2D eigenvalue weighted by atomic mass is 79.9. The molecular formula is C16H17BrF2N2. The maximum absolute atomic E-state index is 13.9. The minimum atomic E-state index is -2.60. The lowest BCUT2D eigenvalue weighted by atomic mass is 9.80. The fourth-order valence-corrected chi connectivity index (χ4v) is 3.13. The van der Waals surface area contributed by atoms with Crippen molar-refractivity contribution in [1.82, 2.24) is 10.3 Å². The van der Waals surface area contributed by atoms with Crippen LogP contribution < -0.4 is 5.32 Å². The van der Waals surface area contributed by atoms with Gasteiger partial charge in [-0.25, -0.2) is 8.78 Å². The Labute approximate surface area is 131 Å². The van der Waals surface area contributed by atoms with E-state index in [9.17, 15) is 8.78 Å². The molecule has 1 heterocycles. The highest BCUT2D eigenvalue weighted by molar-refractivity contribution is 9.10. The SMILES string of the molecule is FC(F)(CNCc1ccc(Br)c2cccnc12)C1CCC1. The predicted octanol–water partition coefficient (Wildman–Crippen LogP) is 4.52. The van der Waals surface area contributed by atoms with Crippen molar-refractivity contribution in [3.8, 4) is 0 Å². The van der Waals surface area contributed by atoms with Crippen LogP contribution in [0.4, 0.5) is 8.78 Å². The number of halogens is 3. The first-order valence-corrected chi connectivity index (χ1v) is 7.98. The number of hydrogen-bond donors (Lipinski definition) is 1. The molecule has 2 nitrogen and oxygen atoms in total. The summed E-state index contributed by atoms with van der Waals surface area (Å²) < 4.78 is 28.7. The highest BCUT2D eigenvalue weighted by Crippen LogP contribution is 2.39. The van der Waals surface area contributed by atoms with Crippen LogP contribution in [0.1, 0.15) is 24.8 Å². The maximum atomic E-state index is 13.9. The molecule has 1 saturated carbocycles. The van der Waals surface area contributed by atoms with Gasteiger partial charge >= 0.3 is 0 Å². The van der Waals surface area contributed by atoms with E-state index in [4.69, 9.17) is 0 Å². The number of rotatable bonds is 5. The zero-order valence-corrected chi connectivity index (χ0v) is 13.2. The summed E-state index contributed by atoms with van der Waals surface area (Å²) >= 11 is 3.49. The second kappa shape index (κ2) is 5.97. The van der Waals surface area contributed by atoms with Crippen LogP contribution in [0.3, 0.4) is 0 Å². The molecule has 0 aliphatic heterocycles. The Bertz CT molecular complexity index is 641. The number of alkyl halides is 2. The van der Waals surface area contributed by atoms with Crippen LogP contribution in [0, 0.1) is 5.92 Å². The van der Waals surface area contributed by atoms with Crippen LogP contribution >= 0.6 is 15.9 Å². The number of benzene rings is 1. The summed E-state index contributed by atoms with van der Waals surface area (Å²) in [5, 5.41) is 3.90. The standard InChI is InChI=1S/C16H17BrF2N2/c17-14-7-6-11(15-13(14)5-2-8-21-15)9-20-10-16(18,19)12-3-1-4-12/h2,5-8,12,20H,1,3-4,9-10H2. The Hall–Kier alpha value is -1.07. The van der Waals surface area contributed by atoms with Gasteiger partial charge in [-0.15, -0.1) is 0 Å².